The number of rotatable bonds is 5. The lowest BCUT2D eigenvalue weighted by Crippen LogP contribution is -2.23. The van der Waals surface area contributed by atoms with Crippen molar-refractivity contribution < 1.29 is 0 Å². The molecule has 0 saturated carbocycles. The number of H-pyrrole nitrogens is 1. The van der Waals surface area contributed by atoms with Crippen LogP contribution in [0.4, 0.5) is 0 Å². The molecule has 8 nitrogen and oxygen atoms in total. The molecule has 208 valence electrons. The molecule has 0 aliphatic heterocycles. The molecule has 0 saturated heterocycles. The van der Waals surface area contributed by atoms with E-state index in [-0.39, 0.29) is 11.4 Å². The second-order valence-electron chi connectivity index (χ2n) is 8.52. The molecule has 0 spiro atoms. The fourth-order valence-electron chi connectivity index (χ4n) is 3.57. The Morgan fingerprint density at radius 1 is 0.634 bits per heavy atom. The van der Waals surface area contributed by atoms with E-state index < -0.39 is 0 Å². The molecule has 0 aliphatic rings. The molecule has 0 bridgehead atoms. The molecule has 2 heterocycles. The van der Waals surface area contributed by atoms with Gasteiger partial charge in [-0.25, -0.2) is 9.59 Å². The summed E-state index contributed by atoms with van der Waals surface area (Å²) in [6.45, 7) is 0.524. The Bertz CT molecular complexity index is 1740. The average Bonchev–Trinajstić information content (AvgIpc) is 3.60. The molecule has 6 aromatic rings. The molecule has 41 heavy (non-hydrogen) atoms. The number of alkyl halides is 1. The number of hydrogen-bond donors (Lipinski definition) is 1. The molecule has 0 amide bonds. The van der Waals surface area contributed by atoms with Crippen LogP contribution in [0.3, 0.4) is 0 Å². The van der Waals surface area contributed by atoms with Crippen molar-refractivity contribution in [3.05, 3.63) is 163 Å². The van der Waals surface area contributed by atoms with E-state index in [9.17, 15) is 9.59 Å². The van der Waals surface area contributed by atoms with Crippen molar-refractivity contribution >= 4 is 47.8 Å². The summed E-state index contributed by atoms with van der Waals surface area (Å²) in [5.41, 5.74) is 3.52. The number of halogens is 3. The third kappa shape index (κ3) is 8.84. The maximum absolute atomic E-state index is 12.3. The largest absolute Gasteiger partial charge is 0.350 e. The fourth-order valence-corrected chi connectivity index (χ4v) is 4.47. The van der Waals surface area contributed by atoms with E-state index in [1.807, 2.05) is 97.1 Å². The number of benzene rings is 4. The molecular formula is C30H25Br3N6O2. The monoisotopic (exact) mass is 738 g/mol. The van der Waals surface area contributed by atoms with Gasteiger partial charge in [-0.2, -0.15) is 19.6 Å². The van der Waals surface area contributed by atoms with Gasteiger partial charge >= 0.3 is 11.4 Å². The van der Waals surface area contributed by atoms with Gasteiger partial charge in [0.1, 0.15) is 12.7 Å². The van der Waals surface area contributed by atoms with E-state index in [0.29, 0.717) is 6.54 Å². The van der Waals surface area contributed by atoms with Crippen LogP contribution in [0.5, 0.6) is 0 Å². The number of aromatic nitrogens is 6. The summed E-state index contributed by atoms with van der Waals surface area (Å²) in [4.78, 5) is 25.9. The quantitative estimate of drug-likeness (QED) is 0.198. The van der Waals surface area contributed by atoms with E-state index in [1.54, 1.807) is 10.9 Å². The van der Waals surface area contributed by atoms with E-state index in [1.165, 1.54) is 21.3 Å². The van der Waals surface area contributed by atoms with Gasteiger partial charge in [-0.3, -0.25) is 9.55 Å². The first kappa shape index (κ1) is 30.2. The van der Waals surface area contributed by atoms with Gasteiger partial charge in [0.25, 0.3) is 0 Å². The van der Waals surface area contributed by atoms with Crippen molar-refractivity contribution in [3.63, 3.8) is 0 Å². The van der Waals surface area contributed by atoms with Crippen LogP contribution in [0, 0.1) is 0 Å². The predicted molar refractivity (Wildman–Crippen MR) is 172 cm³/mol. The summed E-state index contributed by atoms with van der Waals surface area (Å²) in [6, 6.07) is 34.9. The van der Waals surface area contributed by atoms with Crippen LogP contribution in [0.1, 0.15) is 11.1 Å². The normalized spacial score (nSPS) is 10.2. The third-order valence-corrected chi connectivity index (χ3v) is 7.33. The Kier molecular flexibility index (Phi) is 11.2. The van der Waals surface area contributed by atoms with Gasteiger partial charge in [-0.05, 0) is 59.7 Å². The van der Waals surface area contributed by atoms with Gasteiger partial charge < -0.3 is 0 Å². The lowest BCUT2D eigenvalue weighted by atomic mass is 10.2. The van der Waals surface area contributed by atoms with Crippen molar-refractivity contribution in [1.29, 1.82) is 0 Å². The summed E-state index contributed by atoms with van der Waals surface area (Å²) in [5.74, 6) is 0. The number of hydrogen-bond acceptors (Lipinski definition) is 4. The SMILES string of the molecule is BrCc1ccccc1.O=c1[nH]cnn1-c1ccc(Br)cc1.O=c1n(Cc2ccccc2)cnn1-c1ccc(Br)cc1. The highest BCUT2D eigenvalue weighted by Crippen LogP contribution is 2.13. The second-order valence-corrected chi connectivity index (χ2v) is 10.9. The van der Waals surface area contributed by atoms with E-state index >= 15 is 0 Å². The van der Waals surface area contributed by atoms with E-state index in [4.69, 9.17) is 0 Å². The first-order valence-electron chi connectivity index (χ1n) is 12.4. The van der Waals surface area contributed by atoms with Crippen molar-refractivity contribution in [2.75, 3.05) is 0 Å². The lowest BCUT2D eigenvalue weighted by molar-refractivity contribution is 0.738. The summed E-state index contributed by atoms with van der Waals surface area (Å²) in [7, 11) is 0. The topological polar surface area (TPSA) is 90.5 Å². The van der Waals surface area contributed by atoms with Crippen LogP contribution in [0.15, 0.2) is 140 Å². The molecule has 0 unspecified atom stereocenters. The van der Waals surface area contributed by atoms with Crippen LogP contribution in [-0.2, 0) is 11.9 Å². The molecule has 6 rings (SSSR count). The zero-order valence-electron chi connectivity index (χ0n) is 21.6. The van der Waals surface area contributed by atoms with Crippen molar-refractivity contribution in [2.24, 2.45) is 0 Å². The molecule has 11 heteroatoms. The maximum atomic E-state index is 12.3. The zero-order valence-corrected chi connectivity index (χ0v) is 26.4. The third-order valence-electron chi connectivity index (χ3n) is 5.62. The molecule has 0 radical (unpaired) electrons. The highest BCUT2D eigenvalue weighted by Gasteiger charge is 2.07. The molecule has 0 fully saturated rings. The van der Waals surface area contributed by atoms with E-state index in [2.05, 4.69) is 75.1 Å². The summed E-state index contributed by atoms with van der Waals surface area (Å²) >= 11 is 10.0. The molecule has 2 aromatic heterocycles. The average molecular weight is 741 g/mol. The second kappa shape index (κ2) is 15.3. The summed E-state index contributed by atoms with van der Waals surface area (Å²) in [5, 5.41) is 8.96. The van der Waals surface area contributed by atoms with Crippen LogP contribution in [0.2, 0.25) is 0 Å². The Morgan fingerprint density at radius 3 is 1.61 bits per heavy atom. The molecular weight excluding hydrogens is 716 g/mol. The summed E-state index contributed by atoms with van der Waals surface area (Å²) in [6.07, 6.45) is 2.93. The number of aromatic amines is 1. The molecule has 4 aromatic carbocycles. The molecule has 0 atom stereocenters. The van der Waals surface area contributed by atoms with Crippen LogP contribution in [0.25, 0.3) is 11.4 Å². The minimum absolute atomic E-state index is 0.142. The minimum atomic E-state index is -0.234. The standard InChI is InChI=1S/C15H12BrN3O.C8H6BrN3O.C7H7Br/c16-13-6-8-14(9-7-13)19-15(20)18(11-17-19)10-12-4-2-1-3-5-12;9-6-1-3-7(4-2-6)12-8(13)10-5-11-12;8-6-7-4-2-1-3-5-7/h1-9,11H,10H2;1-5H,(H,10,11,13);1-5H,6H2. The van der Waals surface area contributed by atoms with Gasteiger partial charge in [-0.1, -0.05) is 108 Å². The number of nitrogens with one attached hydrogen (secondary N) is 1. The highest BCUT2D eigenvalue weighted by molar-refractivity contribution is 9.10. The smallest absolute Gasteiger partial charge is 0.295 e. The zero-order chi connectivity index (χ0) is 29.0. The Morgan fingerprint density at radius 2 is 1.15 bits per heavy atom. The maximum Gasteiger partial charge on any atom is 0.350 e. The molecule has 0 aliphatic carbocycles. The summed E-state index contributed by atoms with van der Waals surface area (Å²) < 4.78 is 6.23. The van der Waals surface area contributed by atoms with Gasteiger partial charge in [0.15, 0.2) is 0 Å². The minimum Gasteiger partial charge on any atom is -0.295 e. The fraction of sp³-hybridized carbons (Fsp3) is 0.0667. The molecule has 1 N–H and O–H groups in total. The van der Waals surface area contributed by atoms with Crippen LogP contribution >= 0.6 is 47.8 Å². The van der Waals surface area contributed by atoms with Gasteiger partial charge in [0, 0.05) is 14.3 Å². The van der Waals surface area contributed by atoms with Crippen molar-refractivity contribution in [1.82, 2.24) is 29.1 Å². The van der Waals surface area contributed by atoms with Crippen molar-refractivity contribution in [2.45, 2.75) is 11.9 Å². The number of nitrogens with zero attached hydrogens (tertiary/aromatic N) is 5. The lowest BCUT2D eigenvalue weighted by Gasteiger charge is -2.01. The van der Waals surface area contributed by atoms with Gasteiger partial charge in [-0.15, -0.1) is 0 Å². The van der Waals surface area contributed by atoms with Gasteiger partial charge in [0.2, 0.25) is 0 Å². The van der Waals surface area contributed by atoms with Crippen LogP contribution in [-0.4, -0.2) is 29.1 Å². The first-order chi connectivity index (χ1) is 19.9. The van der Waals surface area contributed by atoms with Gasteiger partial charge in [0.05, 0.1) is 17.9 Å². The predicted octanol–water partition coefficient (Wildman–Crippen LogP) is 6.75. The van der Waals surface area contributed by atoms with Crippen molar-refractivity contribution in [3.8, 4) is 11.4 Å². The Balaban J connectivity index is 0.000000158. The first-order valence-corrected chi connectivity index (χ1v) is 15.1. The Labute approximate surface area is 261 Å². The van der Waals surface area contributed by atoms with E-state index in [0.717, 1.165) is 31.2 Å². The van der Waals surface area contributed by atoms with Crippen LogP contribution < -0.4 is 11.4 Å². The highest BCUT2D eigenvalue weighted by atomic mass is 79.9. The Hall–Kier alpha value is -3.80.